The zero-order valence-electron chi connectivity index (χ0n) is 15.4. The molecule has 0 saturated carbocycles. The van der Waals surface area contributed by atoms with Gasteiger partial charge in [0.1, 0.15) is 5.82 Å². The van der Waals surface area contributed by atoms with Crippen LogP contribution in [0.3, 0.4) is 0 Å². The molecule has 0 bridgehead atoms. The Bertz CT molecular complexity index is 875. The maximum Gasteiger partial charge on any atom is 0.319 e. The van der Waals surface area contributed by atoms with Crippen LogP contribution >= 0.6 is 0 Å². The molecule has 0 aliphatic heterocycles. The Morgan fingerprint density at radius 3 is 2.44 bits per heavy atom. The van der Waals surface area contributed by atoms with Gasteiger partial charge in [0.15, 0.2) is 0 Å². The smallest absolute Gasteiger partial charge is 0.319 e. The summed E-state index contributed by atoms with van der Waals surface area (Å²) in [6.07, 6.45) is 3.90. The fourth-order valence-electron chi connectivity index (χ4n) is 2.90. The highest BCUT2D eigenvalue weighted by Gasteiger charge is 2.15. The fourth-order valence-corrected chi connectivity index (χ4v) is 2.90. The molecular weight excluding hydrogens is 343 g/mol. The molecule has 1 atom stereocenters. The molecule has 6 heteroatoms. The molecule has 3 aromatic rings. The number of rotatable bonds is 6. The number of amides is 2. The van der Waals surface area contributed by atoms with E-state index in [4.69, 9.17) is 0 Å². The molecule has 1 unspecified atom stereocenters. The Labute approximate surface area is 158 Å². The molecule has 5 nitrogen and oxygen atoms in total. The van der Waals surface area contributed by atoms with E-state index in [9.17, 15) is 9.18 Å². The Balaban J connectivity index is 1.61. The van der Waals surface area contributed by atoms with E-state index in [0.717, 1.165) is 11.3 Å². The molecule has 2 N–H and O–H groups in total. The lowest BCUT2D eigenvalue weighted by atomic mass is 10.1. The Morgan fingerprint density at radius 1 is 1.07 bits per heavy atom. The molecule has 2 amide bonds. The minimum atomic E-state index is -0.284. The van der Waals surface area contributed by atoms with Crippen LogP contribution in [0.4, 0.5) is 14.9 Å². The summed E-state index contributed by atoms with van der Waals surface area (Å²) < 4.78 is 15.1. The van der Waals surface area contributed by atoms with Crippen LogP contribution in [0.5, 0.6) is 0 Å². The van der Waals surface area contributed by atoms with E-state index in [1.54, 1.807) is 12.1 Å². The summed E-state index contributed by atoms with van der Waals surface area (Å²) in [5, 5.41) is 5.74. The molecular formula is C21H23FN4O. The Morgan fingerprint density at radius 2 is 1.78 bits per heavy atom. The monoisotopic (exact) mass is 366 g/mol. The van der Waals surface area contributed by atoms with E-state index >= 15 is 0 Å². The first-order valence-corrected chi connectivity index (χ1v) is 8.73. The molecule has 1 aromatic heterocycles. The van der Waals surface area contributed by atoms with Crippen LogP contribution < -0.4 is 10.6 Å². The van der Waals surface area contributed by atoms with Crippen LogP contribution in [0.25, 0.3) is 5.69 Å². The van der Waals surface area contributed by atoms with Crippen molar-refractivity contribution in [2.45, 2.75) is 6.04 Å². The van der Waals surface area contributed by atoms with Crippen LogP contribution in [-0.4, -0.2) is 36.1 Å². The SMILES string of the molecule is CN(C)C(CNC(=O)Nc1cccc(-n2cccc2)c1)c1ccc(F)cc1. The Hall–Kier alpha value is -3.12. The highest BCUT2D eigenvalue weighted by Crippen LogP contribution is 2.18. The van der Waals surface area contributed by atoms with Crippen LogP contribution in [0, 0.1) is 5.82 Å². The van der Waals surface area contributed by atoms with Gasteiger partial charge in [0.25, 0.3) is 0 Å². The summed E-state index contributed by atoms with van der Waals surface area (Å²) in [6, 6.07) is 17.5. The van der Waals surface area contributed by atoms with Gasteiger partial charge in [-0.1, -0.05) is 18.2 Å². The molecule has 0 aliphatic rings. The first kappa shape index (κ1) is 18.7. The lowest BCUT2D eigenvalue weighted by Crippen LogP contribution is -2.36. The van der Waals surface area contributed by atoms with Gasteiger partial charge in [0.2, 0.25) is 0 Å². The predicted octanol–water partition coefficient (Wildman–Crippen LogP) is 4.04. The summed E-state index contributed by atoms with van der Waals surface area (Å²) in [5.74, 6) is -0.274. The van der Waals surface area contributed by atoms with Crippen molar-refractivity contribution in [3.8, 4) is 5.69 Å². The fraction of sp³-hybridized carbons (Fsp3) is 0.190. The summed E-state index contributed by atoms with van der Waals surface area (Å²) in [7, 11) is 3.85. The third-order valence-corrected chi connectivity index (χ3v) is 4.34. The zero-order chi connectivity index (χ0) is 19.2. The maximum absolute atomic E-state index is 13.1. The first-order chi connectivity index (χ1) is 13.0. The third kappa shape index (κ3) is 4.95. The zero-order valence-corrected chi connectivity index (χ0v) is 15.4. The molecule has 140 valence electrons. The quantitative estimate of drug-likeness (QED) is 0.692. The predicted molar refractivity (Wildman–Crippen MR) is 106 cm³/mol. The van der Waals surface area contributed by atoms with Crippen molar-refractivity contribution in [2.75, 3.05) is 26.0 Å². The number of anilines is 1. The highest BCUT2D eigenvalue weighted by molar-refractivity contribution is 5.89. The van der Waals surface area contributed by atoms with E-state index in [0.29, 0.717) is 12.2 Å². The number of hydrogen-bond donors (Lipinski definition) is 2. The number of carbonyl (C=O) groups is 1. The number of halogens is 1. The molecule has 0 spiro atoms. The minimum Gasteiger partial charge on any atom is -0.336 e. The van der Waals surface area contributed by atoms with E-state index in [1.165, 1.54) is 12.1 Å². The first-order valence-electron chi connectivity index (χ1n) is 8.73. The van der Waals surface area contributed by atoms with Crippen LogP contribution in [0.1, 0.15) is 11.6 Å². The summed E-state index contributed by atoms with van der Waals surface area (Å²) in [4.78, 5) is 14.3. The van der Waals surface area contributed by atoms with E-state index in [1.807, 2.05) is 72.4 Å². The second kappa shape index (κ2) is 8.51. The second-order valence-electron chi connectivity index (χ2n) is 6.51. The standard InChI is InChI=1S/C21H23FN4O/c1-25(2)20(16-8-10-17(22)11-9-16)15-23-21(27)24-18-6-5-7-19(14-18)26-12-3-4-13-26/h3-14,20H,15H2,1-2H3,(H2,23,24,27). The molecule has 3 rings (SSSR count). The van der Waals surface area contributed by atoms with Crippen molar-refractivity contribution in [3.05, 3.63) is 84.4 Å². The molecule has 27 heavy (non-hydrogen) atoms. The van der Waals surface area contributed by atoms with Crippen LogP contribution in [0.15, 0.2) is 73.1 Å². The van der Waals surface area contributed by atoms with Crippen molar-refractivity contribution in [3.63, 3.8) is 0 Å². The molecule has 0 aliphatic carbocycles. The third-order valence-electron chi connectivity index (χ3n) is 4.34. The van der Waals surface area contributed by atoms with Gasteiger partial charge in [-0.2, -0.15) is 0 Å². The van der Waals surface area contributed by atoms with Gasteiger partial charge in [0.05, 0.1) is 6.04 Å². The normalized spacial score (nSPS) is 12.0. The summed E-state index contributed by atoms with van der Waals surface area (Å²) in [6.45, 7) is 0.405. The lowest BCUT2D eigenvalue weighted by Gasteiger charge is -2.25. The van der Waals surface area contributed by atoms with E-state index < -0.39 is 0 Å². The van der Waals surface area contributed by atoms with E-state index in [2.05, 4.69) is 10.6 Å². The topological polar surface area (TPSA) is 49.3 Å². The molecule has 0 fully saturated rings. The average Bonchev–Trinajstić information content (AvgIpc) is 3.18. The highest BCUT2D eigenvalue weighted by atomic mass is 19.1. The summed E-state index contributed by atoms with van der Waals surface area (Å²) >= 11 is 0. The number of likely N-dealkylation sites (N-methyl/N-ethyl adjacent to an activating group) is 1. The number of urea groups is 1. The minimum absolute atomic E-state index is 0.0532. The number of nitrogens with zero attached hydrogens (tertiary/aromatic N) is 2. The molecule has 0 saturated heterocycles. The number of benzene rings is 2. The van der Waals surface area contributed by atoms with Gasteiger partial charge < -0.3 is 20.1 Å². The second-order valence-corrected chi connectivity index (χ2v) is 6.51. The van der Waals surface area contributed by atoms with Gasteiger partial charge in [-0.15, -0.1) is 0 Å². The van der Waals surface area contributed by atoms with Crippen molar-refractivity contribution < 1.29 is 9.18 Å². The number of hydrogen-bond acceptors (Lipinski definition) is 2. The van der Waals surface area contributed by atoms with Crippen molar-refractivity contribution >= 4 is 11.7 Å². The Kier molecular flexibility index (Phi) is 5.88. The van der Waals surface area contributed by atoms with Gasteiger partial charge in [0, 0.05) is 30.3 Å². The van der Waals surface area contributed by atoms with Crippen molar-refractivity contribution in [1.29, 1.82) is 0 Å². The maximum atomic E-state index is 13.1. The van der Waals surface area contributed by atoms with Crippen molar-refractivity contribution in [1.82, 2.24) is 14.8 Å². The number of nitrogens with one attached hydrogen (secondary N) is 2. The lowest BCUT2D eigenvalue weighted by molar-refractivity contribution is 0.243. The molecule has 1 heterocycles. The number of aromatic nitrogens is 1. The van der Waals surface area contributed by atoms with E-state index in [-0.39, 0.29) is 17.9 Å². The van der Waals surface area contributed by atoms with Gasteiger partial charge in [-0.3, -0.25) is 0 Å². The number of carbonyl (C=O) groups excluding carboxylic acids is 1. The summed E-state index contributed by atoms with van der Waals surface area (Å²) in [5.41, 5.74) is 2.62. The largest absolute Gasteiger partial charge is 0.336 e. The average molecular weight is 366 g/mol. The van der Waals surface area contributed by atoms with Crippen LogP contribution in [0.2, 0.25) is 0 Å². The van der Waals surface area contributed by atoms with Gasteiger partial charge in [-0.05, 0) is 62.1 Å². The molecule has 2 aromatic carbocycles. The molecule has 0 radical (unpaired) electrons. The van der Waals surface area contributed by atoms with Gasteiger partial charge in [-0.25, -0.2) is 9.18 Å². The van der Waals surface area contributed by atoms with Crippen LogP contribution in [-0.2, 0) is 0 Å². The van der Waals surface area contributed by atoms with Crippen molar-refractivity contribution in [2.24, 2.45) is 0 Å². The van der Waals surface area contributed by atoms with Gasteiger partial charge >= 0.3 is 6.03 Å².